The summed E-state index contributed by atoms with van der Waals surface area (Å²) in [6, 6.07) is 2.69. The molecule has 18 heavy (non-hydrogen) atoms. The minimum absolute atomic E-state index is 0.385. The van der Waals surface area contributed by atoms with Crippen molar-refractivity contribution < 1.29 is 0 Å². The number of aryl methyl sites for hydroxylation is 1. The maximum absolute atomic E-state index is 4.75. The van der Waals surface area contributed by atoms with Crippen LogP contribution in [-0.4, -0.2) is 27.9 Å². The molecule has 0 spiro atoms. The molecule has 0 aromatic carbocycles. The van der Waals surface area contributed by atoms with E-state index in [4.69, 9.17) is 4.98 Å². The standard InChI is InChI=1S/C14H22BrN3/c1-10(2)14-16-11(3)8-13(17-14)18-7-5-4-6-12(18)9-15/h8,10,12H,4-7,9H2,1-3H3. The maximum atomic E-state index is 4.75. The molecule has 0 radical (unpaired) electrons. The topological polar surface area (TPSA) is 29.0 Å². The van der Waals surface area contributed by atoms with E-state index < -0.39 is 0 Å². The van der Waals surface area contributed by atoms with Crippen molar-refractivity contribution in [1.29, 1.82) is 0 Å². The summed E-state index contributed by atoms with van der Waals surface area (Å²) in [4.78, 5) is 11.7. The van der Waals surface area contributed by atoms with Crippen molar-refractivity contribution in [2.45, 2.75) is 52.0 Å². The molecule has 0 amide bonds. The van der Waals surface area contributed by atoms with Gasteiger partial charge in [-0.1, -0.05) is 29.8 Å². The summed E-state index contributed by atoms with van der Waals surface area (Å²) in [6.45, 7) is 7.47. The summed E-state index contributed by atoms with van der Waals surface area (Å²) in [5, 5.41) is 1.02. The van der Waals surface area contributed by atoms with Crippen molar-refractivity contribution in [3.8, 4) is 0 Å². The van der Waals surface area contributed by atoms with Gasteiger partial charge >= 0.3 is 0 Å². The molecule has 0 bridgehead atoms. The second kappa shape index (κ2) is 6.00. The van der Waals surface area contributed by atoms with Gasteiger partial charge in [0.15, 0.2) is 0 Å². The van der Waals surface area contributed by atoms with Gasteiger partial charge in [-0.2, -0.15) is 0 Å². The van der Waals surface area contributed by atoms with Crippen LogP contribution in [0.25, 0.3) is 0 Å². The molecule has 0 N–H and O–H groups in total. The van der Waals surface area contributed by atoms with Gasteiger partial charge in [0, 0.05) is 35.6 Å². The predicted molar refractivity (Wildman–Crippen MR) is 79.6 cm³/mol. The molecule has 2 heterocycles. The van der Waals surface area contributed by atoms with E-state index >= 15 is 0 Å². The smallest absolute Gasteiger partial charge is 0.133 e. The lowest BCUT2D eigenvalue weighted by molar-refractivity contribution is 0.486. The number of anilines is 1. The third-order valence-electron chi connectivity index (χ3n) is 3.47. The van der Waals surface area contributed by atoms with E-state index in [0.29, 0.717) is 12.0 Å². The first-order valence-electron chi connectivity index (χ1n) is 6.80. The fraction of sp³-hybridized carbons (Fsp3) is 0.714. The molecular weight excluding hydrogens is 290 g/mol. The number of nitrogens with zero attached hydrogens (tertiary/aromatic N) is 3. The van der Waals surface area contributed by atoms with Gasteiger partial charge in [-0.05, 0) is 26.2 Å². The van der Waals surface area contributed by atoms with Gasteiger partial charge < -0.3 is 4.90 Å². The Bertz CT molecular complexity index is 406. The molecule has 1 aromatic heterocycles. The zero-order valence-electron chi connectivity index (χ0n) is 11.5. The number of halogens is 1. The molecule has 1 atom stereocenters. The second-order valence-corrected chi connectivity index (χ2v) is 6.03. The summed E-state index contributed by atoms with van der Waals surface area (Å²) < 4.78 is 0. The highest BCUT2D eigenvalue weighted by Gasteiger charge is 2.23. The summed E-state index contributed by atoms with van der Waals surface area (Å²) in [5.41, 5.74) is 1.07. The third kappa shape index (κ3) is 3.02. The lowest BCUT2D eigenvalue weighted by Crippen LogP contribution is -2.41. The number of piperidine rings is 1. The van der Waals surface area contributed by atoms with Gasteiger partial charge in [-0.25, -0.2) is 9.97 Å². The Morgan fingerprint density at radius 3 is 2.83 bits per heavy atom. The van der Waals surface area contributed by atoms with E-state index in [1.165, 1.54) is 19.3 Å². The number of aromatic nitrogens is 2. The summed E-state index contributed by atoms with van der Waals surface area (Å²) in [7, 11) is 0. The SMILES string of the molecule is Cc1cc(N2CCCCC2CBr)nc(C(C)C)n1. The second-order valence-electron chi connectivity index (χ2n) is 5.38. The predicted octanol–water partition coefficient (Wildman–Crippen LogP) is 3.66. The normalized spacial score (nSPS) is 20.5. The molecule has 1 aromatic rings. The highest BCUT2D eigenvalue weighted by Crippen LogP contribution is 2.25. The van der Waals surface area contributed by atoms with Crippen LogP contribution in [0.1, 0.15) is 50.5 Å². The van der Waals surface area contributed by atoms with Crippen molar-refractivity contribution in [2.75, 3.05) is 16.8 Å². The van der Waals surface area contributed by atoms with Crippen molar-refractivity contribution in [3.63, 3.8) is 0 Å². The van der Waals surface area contributed by atoms with Crippen LogP contribution in [0, 0.1) is 6.92 Å². The number of alkyl halides is 1. The molecule has 2 rings (SSSR count). The molecule has 1 aliphatic heterocycles. The molecule has 3 nitrogen and oxygen atoms in total. The van der Waals surface area contributed by atoms with Crippen LogP contribution in [-0.2, 0) is 0 Å². The number of hydrogen-bond acceptors (Lipinski definition) is 3. The first-order valence-corrected chi connectivity index (χ1v) is 7.92. The van der Waals surface area contributed by atoms with E-state index in [9.17, 15) is 0 Å². The van der Waals surface area contributed by atoms with Gasteiger partial charge in [0.25, 0.3) is 0 Å². The van der Waals surface area contributed by atoms with Crippen LogP contribution in [0.3, 0.4) is 0 Å². The third-order valence-corrected chi connectivity index (χ3v) is 4.22. The quantitative estimate of drug-likeness (QED) is 0.798. The number of rotatable bonds is 3. The minimum Gasteiger partial charge on any atom is -0.353 e. The lowest BCUT2D eigenvalue weighted by Gasteiger charge is -2.36. The zero-order valence-corrected chi connectivity index (χ0v) is 13.1. The Labute approximate surface area is 118 Å². The van der Waals surface area contributed by atoms with Crippen LogP contribution in [0.2, 0.25) is 0 Å². The fourth-order valence-corrected chi connectivity index (χ4v) is 3.12. The van der Waals surface area contributed by atoms with E-state index in [1.807, 2.05) is 0 Å². The van der Waals surface area contributed by atoms with E-state index in [1.54, 1.807) is 0 Å². The van der Waals surface area contributed by atoms with E-state index in [-0.39, 0.29) is 0 Å². The molecule has 4 heteroatoms. The molecule has 1 fully saturated rings. The number of hydrogen-bond donors (Lipinski definition) is 0. The van der Waals surface area contributed by atoms with Gasteiger partial charge in [0.2, 0.25) is 0 Å². The van der Waals surface area contributed by atoms with E-state index in [2.05, 4.69) is 52.7 Å². The Morgan fingerprint density at radius 1 is 1.39 bits per heavy atom. The monoisotopic (exact) mass is 311 g/mol. The Morgan fingerprint density at radius 2 is 2.17 bits per heavy atom. The van der Waals surface area contributed by atoms with Gasteiger partial charge in [-0.3, -0.25) is 0 Å². The Hall–Kier alpha value is -0.640. The molecule has 1 aliphatic rings. The highest BCUT2D eigenvalue weighted by molar-refractivity contribution is 9.09. The molecule has 1 unspecified atom stereocenters. The van der Waals surface area contributed by atoms with Crippen molar-refractivity contribution in [2.24, 2.45) is 0 Å². The average molecular weight is 312 g/mol. The van der Waals surface area contributed by atoms with Crippen LogP contribution in [0.5, 0.6) is 0 Å². The van der Waals surface area contributed by atoms with Gasteiger partial charge in [-0.15, -0.1) is 0 Å². The maximum Gasteiger partial charge on any atom is 0.133 e. The van der Waals surface area contributed by atoms with Gasteiger partial charge in [0.1, 0.15) is 11.6 Å². The van der Waals surface area contributed by atoms with Crippen molar-refractivity contribution in [1.82, 2.24) is 9.97 Å². The minimum atomic E-state index is 0.385. The summed E-state index contributed by atoms with van der Waals surface area (Å²) in [6.07, 6.45) is 3.85. The molecule has 1 saturated heterocycles. The Balaban J connectivity index is 2.30. The van der Waals surface area contributed by atoms with Crippen LogP contribution < -0.4 is 4.90 Å². The Kier molecular flexibility index (Phi) is 4.60. The summed E-state index contributed by atoms with van der Waals surface area (Å²) >= 11 is 3.63. The van der Waals surface area contributed by atoms with Crippen LogP contribution in [0.15, 0.2) is 6.07 Å². The zero-order chi connectivity index (χ0) is 13.1. The molecule has 100 valence electrons. The van der Waals surface area contributed by atoms with Crippen LogP contribution in [0.4, 0.5) is 5.82 Å². The highest BCUT2D eigenvalue weighted by atomic mass is 79.9. The lowest BCUT2D eigenvalue weighted by atomic mass is 10.0. The fourth-order valence-electron chi connectivity index (χ4n) is 2.44. The molecule has 0 saturated carbocycles. The molecule has 0 aliphatic carbocycles. The first kappa shape index (κ1) is 13.8. The first-order chi connectivity index (χ1) is 8.61. The van der Waals surface area contributed by atoms with Crippen molar-refractivity contribution in [3.05, 3.63) is 17.6 Å². The van der Waals surface area contributed by atoms with E-state index in [0.717, 1.165) is 29.2 Å². The summed E-state index contributed by atoms with van der Waals surface area (Å²) in [5.74, 6) is 2.45. The van der Waals surface area contributed by atoms with Crippen LogP contribution >= 0.6 is 15.9 Å². The molecular formula is C14H22BrN3. The largest absolute Gasteiger partial charge is 0.353 e. The van der Waals surface area contributed by atoms with Gasteiger partial charge in [0.05, 0.1) is 0 Å². The average Bonchev–Trinajstić information content (AvgIpc) is 2.38. The van der Waals surface area contributed by atoms with Crippen molar-refractivity contribution >= 4 is 21.7 Å².